The van der Waals surface area contributed by atoms with Crippen molar-refractivity contribution in [2.24, 2.45) is 0 Å². The van der Waals surface area contributed by atoms with Crippen molar-refractivity contribution in [2.75, 3.05) is 17.1 Å². The zero-order valence-corrected chi connectivity index (χ0v) is 24.0. The summed E-state index contributed by atoms with van der Waals surface area (Å²) in [5.74, 6) is -0.758. The highest BCUT2D eigenvalue weighted by atomic mass is 79.9. The van der Waals surface area contributed by atoms with E-state index in [4.69, 9.17) is 0 Å². The number of carbonyl (C=O) groups is 2. The van der Waals surface area contributed by atoms with Crippen LogP contribution < -0.4 is 9.62 Å². The lowest BCUT2D eigenvalue weighted by atomic mass is 10.1. The van der Waals surface area contributed by atoms with Crippen LogP contribution in [-0.2, 0) is 26.2 Å². The molecule has 34 heavy (non-hydrogen) atoms. The van der Waals surface area contributed by atoms with Crippen molar-refractivity contribution in [1.82, 2.24) is 10.2 Å². The molecule has 0 saturated carbocycles. The Morgan fingerprint density at radius 2 is 1.68 bits per heavy atom. The molecule has 0 radical (unpaired) electrons. The number of sulfonamides is 1. The highest BCUT2D eigenvalue weighted by Gasteiger charge is 2.30. The highest BCUT2D eigenvalue weighted by Crippen LogP contribution is 2.25. The minimum atomic E-state index is -3.76. The first-order valence-corrected chi connectivity index (χ1v) is 14.3. The number of aryl methyl sites for hydroxylation is 1. The van der Waals surface area contributed by atoms with Crippen molar-refractivity contribution < 1.29 is 18.0 Å². The third kappa shape index (κ3) is 7.81. The lowest BCUT2D eigenvalue weighted by Gasteiger charge is -2.32. The van der Waals surface area contributed by atoms with Gasteiger partial charge in [0.2, 0.25) is 21.8 Å². The normalized spacial score (nSPS) is 13.1. The fourth-order valence-corrected chi connectivity index (χ4v) is 4.58. The van der Waals surface area contributed by atoms with Gasteiger partial charge in [-0.05, 0) is 68.7 Å². The van der Waals surface area contributed by atoms with Crippen LogP contribution in [0.1, 0.15) is 38.3 Å². The first-order chi connectivity index (χ1) is 15.8. The summed E-state index contributed by atoms with van der Waals surface area (Å²) in [6.45, 7) is 7.10. The summed E-state index contributed by atoms with van der Waals surface area (Å²) >= 11 is 6.81. The fourth-order valence-electron chi connectivity index (χ4n) is 3.23. The number of carbonyl (C=O) groups excluding carboxylic acids is 2. The molecule has 0 spiro atoms. The maximum Gasteiger partial charge on any atom is 0.244 e. The lowest BCUT2D eigenvalue weighted by Crippen LogP contribution is -2.52. The third-order valence-electron chi connectivity index (χ3n) is 5.54. The Morgan fingerprint density at radius 3 is 2.21 bits per heavy atom. The molecule has 0 aliphatic rings. The number of nitrogens with zero attached hydrogens (tertiary/aromatic N) is 2. The molecule has 0 aliphatic heterocycles. The standard InChI is InChI=1S/C24H31Br2N3O4S/c1-6-17(3)27-24(31)18(4)28(14-19-7-9-20(25)10-8-19)23(30)15-29(34(5,32)33)21-11-12-22(26)16(2)13-21/h7-13,17-18H,6,14-15H2,1-5H3,(H,27,31)/t17-,18+/m0/s1. The summed E-state index contributed by atoms with van der Waals surface area (Å²) in [6.07, 6.45) is 1.82. The Balaban J connectivity index is 2.39. The van der Waals surface area contributed by atoms with Crippen LogP contribution >= 0.6 is 31.9 Å². The average Bonchev–Trinajstić information content (AvgIpc) is 2.77. The lowest BCUT2D eigenvalue weighted by molar-refractivity contribution is -0.139. The number of amides is 2. The van der Waals surface area contributed by atoms with Crippen LogP contribution in [0.15, 0.2) is 51.4 Å². The van der Waals surface area contributed by atoms with Gasteiger partial charge in [-0.25, -0.2) is 8.42 Å². The van der Waals surface area contributed by atoms with Crippen LogP contribution in [0.5, 0.6) is 0 Å². The molecule has 2 aromatic carbocycles. The molecule has 0 fully saturated rings. The minimum Gasteiger partial charge on any atom is -0.352 e. The van der Waals surface area contributed by atoms with Gasteiger partial charge in [0.15, 0.2) is 0 Å². The largest absolute Gasteiger partial charge is 0.352 e. The molecule has 0 heterocycles. The minimum absolute atomic E-state index is 0.0437. The van der Waals surface area contributed by atoms with Crippen molar-refractivity contribution in [3.63, 3.8) is 0 Å². The number of halogens is 2. The Labute approximate surface area is 219 Å². The molecular formula is C24H31Br2N3O4S. The van der Waals surface area contributed by atoms with E-state index in [1.807, 2.05) is 45.0 Å². The van der Waals surface area contributed by atoms with E-state index in [-0.39, 0.29) is 18.5 Å². The molecule has 1 N–H and O–H groups in total. The Morgan fingerprint density at radius 1 is 1.06 bits per heavy atom. The van der Waals surface area contributed by atoms with Crippen molar-refractivity contribution in [1.29, 1.82) is 0 Å². The Hall–Kier alpha value is -1.91. The van der Waals surface area contributed by atoms with E-state index in [1.54, 1.807) is 25.1 Å². The maximum absolute atomic E-state index is 13.5. The van der Waals surface area contributed by atoms with Gasteiger partial charge in [0.05, 0.1) is 11.9 Å². The molecule has 0 bridgehead atoms. The van der Waals surface area contributed by atoms with Crippen molar-refractivity contribution in [3.05, 3.63) is 62.5 Å². The number of rotatable bonds is 10. The number of anilines is 1. The molecule has 0 aliphatic carbocycles. The average molecular weight is 617 g/mol. The molecule has 7 nitrogen and oxygen atoms in total. The quantitative estimate of drug-likeness (QED) is 0.422. The van der Waals surface area contributed by atoms with Crippen LogP contribution in [-0.4, -0.2) is 50.0 Å². The molecule has 0 saturated heterocycles. The van der Waals surface area contributed by atoms with Gasteiger partial charge in [-0.2, -0.15) is 0 Å². The number of hydrogen-bond acceptors (Lipinski definition) is 4. The summed E-state index contributed by atoms with van der Waals surface area (Å²) in [6, 6.07) is 11.7. The SMILES string of the molecule is CC[C@H](C)NC(=O)[C@@H](C)N(Cc1ccc(Br)cc1)C(=O)CN(c1ccc(Br)c(C)c1)S(C)(=O)=O. The molecular weight excluding hydrogens is 586 g/mol. The molecule has 10 heteroatoms. The third-order valence-corrected chi connectivity index (χ3v) is 8.10. The molecule has 2 atom stereocenters. The Kier molecular flexibility index (Phi) is 10.1. The van der Waals surface area contributed by atoms with Crippen molar-refractivity contribution >= 4 is 59.4 Å². The van der Waals surface area contributed by atoms with Gasteiger partial charge in [-0.1, -0.05) is 50.9 Å². The Bertz CT molecular complexity index is 1120. The van der Waals surface area contributed by atoms with E-state index in [2.05, 4.69) is 37.2 Å². The molecule has 186 valence electrons. The number of hydrogen-bond donors (Lipinski definition) is 1. The maximum atomic E-state index is 13.5. The van der Waals surface area contributed by atoms with Crippen LogP contribution in [0, 0.1) is 6.92 Å². The second-order valence-electron chi connectivity index (χ2n) is 8.35. The second-order valence-corrected chi connectivity index (χ2v) is 12.0. The van der Waals surface area contributed by atoms with E-state index in [0.717, 1.165) is 37.1 Å². The van der Waals surface area contributed by atoms with Gasteiger partial charge in [-0.3, -0.25) is 13.9 Å². The first kappa shape index (κ1) is 28.3. The summed E-state index contributed by atoms with van der Waals surface area (Å²) in [7, 11) is -3.76. The molecule has 2 rings (SSSR count). The van der Waals surface area contributed by atoms with Crippen LogP contribution in [0.2, 0.25) is 0 Å². The van der Waals surface area contributed by atoms with E-state index >= 15 is 0 Å². The van der Waals surface area contributed by atoms with Crippen molar-refractivity contribution in [3.8, 4) is 0 Å². The van der Waals surface area contributed by atoms with E-state index in [0.29, 0.717) is 5.69 Å². The van der Waals surface area contributed by atoms with E-state index in [1.165, 1.54) is 4.90 Å². The monoisotopic (exact) mass is 615 g/mol. The van der Waals surface area contributed by atoms with Gasteiger partial charge in [0, 0.05) is 21.5 Å². The zero-order valence-electron chi connectivity index (χ0n) is 20.0. The number of nitrogens with one attached hydrogen (secondary N) is 1. The summed E-state index contributed by atoms with van der Waals surface area (Å²) in [4.78, 5) is 27.8. The van der Waals surface area contributed by atoms with Crippen LogP contribution in [0.4, 0.5) is 5.69 Å². The smallest absolute Gasteiger partial charge is 0.244 e. The van der Waals surface area contributed by atoms with Gasteiger partial charge >= 0.3 is 0 Å². The van der Waals surface area contributed by atoms with Crippen LogP contribution in [0.25, 0.3) is 0 Å². The van der Waals surface area contributed by atoms with Gasteiger partial charge in [-0.15, -0.1) is 0 Å². The van der Waals surface area contributed by atoms with E-state index in [9.17, 15) is 18.0 Å². The molecule has 0 unspecified atom stereocenters. The highest BCUT2D eigenvalue weighted by molar-refractivity contribution is 9.10. The predicted molar refractivity (Wildman–Crippen MR) is 143 cm³/mol. The first-order valence-electron chi connectivity index (χ1n) is 10.9. The summed E-state index contributed by atoms with van der Waals surface area (Å²) in [5, 5.41) is 2.91. The number of benzene rings is 2. The second kappa shape index (κ2) is 12.2. The molecule has 2 amide bonds. The zero-order chi connectivity index (χ0) is 25.6. The predicted octanol–water partition coefficient (Wildman–Crippen LogP) is 4.62. The van der Waals surface area contributed by atoms with Crippen LogP contribution in [0.3, 0.4) is 0 Å². The van der Waals surface area contributed by atoms with Gasteiger partial charge in [0.25, 0.3) is 0 Å². The van der Waals surface area contributed by atoms with Crippen molar-refractivity contribution in [2.45, 2.75) is 52.7 Å². The van der Waals surface area contributed by atoms with Gasteiger partial charge < -0.3 is 10.2 Å². The topological polar surface area (TPSA) is 86.8 Å². The van der Waals surface area contributed by atoms with Gasteiger partial charge in [0.1, 0.15) is 12.6 Å². The summed E-state index contributed by atoms with van der Waals surface area (Å²) in [5.41, 5.74) is 2.05. The van der Waals surface area contributed by atoms with E-state index < -0.39 is 28.5 Å². The molecule has 0 aromatic heterocycles. The summed E-state index contributed by atoms with van der Waals surface area (Å²) < 4.78 is 28.1. The molecule has 2 aromatic rings. The fraction of sp³-hybridized carbons (Fsp3) is 0.417.